The molecule has 1 aliphatic heterocycles. The molecular weight excluding hydrogens is 1390 g/mol. The molecule has 1 saturated heterocycles. The summed E-state index contributed by atoms with van der Waals surface area (Å²) in [6.07, 6.45) is -12.4. The Morgan fingerprint density at radius 1 is 0.629 bits per heavy atom. The number of carbonyl (C=O) groups excluding carboxylic acids is 13. The van der Waals surface area contributed by atoms with Crippen LogP contribution in [-0.2, 0) is 67.1 Å². The Labute approximate surface area is 607 Å². The van der Waals surface area contributed by atoms with Crippen LogP contribution >= 0.6 is 0 Å². The van der Waals surface area contributed by atoms with Gasteiger partial charge in [-0.3, -0.25) is 62.5 Å². The molecule has 1 aromatic carbocycles. The minimum absolute atomic E-state index is 0.000817. The zero-order chi connectivity index (χ0) is 80.9. The summed E-state index contributed by atoms with van der Waals surface area (Å²) >= 11 is 0. The number of aliphatic hydroxyl groups excluding tert-OH is 4. The summed E-state index contributed by atoms with van der Waals surface area (Å²) in [5.41, 5.74) is 14.7. The number of primary amides is 1. The summed E-state index contributed by atoms with van der Waals surface area (Å²) in [6, 6.07) is -12.8. The number of carbonyl (C=O) groups is 14. The standard InChI is InChI=1S/C64H108N16O18.C2HF3O2/c1-16-33(8)42-57(93)77-43(34(9)82)56(92)69-28-41(83)75-47(49(85)50(65)86)60(96)73-40(29-81)55(91)78-44(35-21-18-17-19-22-35)45(79-54(90)39(27-63(10,11)12)72-53(89)38(26-31(4)5)74-62(97)98-64(13,14)15)58(94)80-46(48(84)32(6)7)59(95)71-37(25-30(2)3)52(88)70-36(51(87)76-42)23-20-24-68-61(66)67;3-2(4,5)1(6)7/h17-19,21-22,30-34,36-40,42-49,81-82,84-85H,16,20,23-29H2,1-15H3,(H2,65,86)(H,69,92)(H,70,88)(H,71,95)(H,72,89)(H,73,96)(H,74,97)(H,75,83)(H,76,87)(H,77,93)(H,78,91)(H,79,90)(H,80,94)(H4,66,67,68);(H,6,7)/t33-,34-,36+,37-,38+,39-,40-,42-,43-,44+,45-,46-,47-,48+,49-;/m0./s1. The van der Waals surface area contributed by atoms with Crippen molar-refractivity contribution in [3.63, 3.8) is 0 Å². The number of nitrogens with one attached hydrogen (secondary N) is 12. The predicted molar refractivity (Wildman–Crippen MR) is 372 cm³/mol. The molecule has 39 heteroatoms. The highest BCUT2D eigenvalue weighted by atomic mass is 19.4. The average Bonchev–Trinajstić information content (AvgIpc) is 0.802. The summed E-state index contributed by atoms with van der Waals surface area (Å²) in [5, 5.41) is 81.0. The maximum absolute atomic E-state index is 15.6. The minimum Gasteiger partial charge on any atom is -0.475 e. The van der Waals surface area contributed by atoms with Crippen molar-refractivity contribution in [1.29, 1.82) is 0 Å². The van der Waals surface area contributed by atoms with Gasteiger partial charge in [0.05, 0.1) is 31.4 Å². The van der Waals surface area contributed by atoms with Crippen LogP contribution < -0.4 is 81.0 Å². The largest absolute Gasteiger partial charge is 0.490 e. The number of alkyl carbamates (subject to hydrolysis) is 1. The monoisotopic (exact) mass is 1500 g/mol. The predicted octanol–water partition coefficient (Wildman–Crippen LogP) is -3.27. The number of aliphatic imine (C=N–C) groups is 1. The lowest BCUT2D eigenvalue weighted by Crippen LogP contribution is -2.65. The molecule has 0 unspecified atom stereocenters. The maximum atomic E-state index is 15.6. The average molecular weight is 1500 g/mol. The number of amides is 13. The molecule has 0 aliphatic carbocycles. The van der Waals surface area contributed by atoms with Crippen LogP contribution in [0.4, 0.5) is 18.0 Å². The van der Waals surface area contributed by atoms with E-state index in [9.17, 15) is 81.5 Å². The molecule has 36 nitrogen and oxygen atoms in total. The normalized spacial score (nSPS) is 23.0. The van der Waals surface area contributed by atoms with E-state index in [2.05, 4.69) is 63.5 Å². The number of rotatable bonds is 23. The number of nitrogens with zero attached hydrogens (tertiary/aromatic N) is 1. The van der Waals surface area contributed by atoms with Gasteiger partial charge in [-0.2, -0.15) is 13.2 Å². The van der Waals surface area contributed by atoms with Crippen molar-refractivity contribution in [3.05, 3.63) is 35.9 Å². The first-order valence-electron chi connectivity index (χ1n) is 34.0. The summed E-state index contributed by atoms with van der Waals surface area (Å²) in [7, 11) is 0. The Hall–Kier alpha value is -9.50. The summed E-state index contributed by atoms with van der Waals surface area (Å²) < 4.78 is 37.2. The third-order valence-corrected chi connectivity index (χ3v) is 15.6. The zero-order valence-corrected chi connectivity index (χ0v) is 61.8. The molecule has 0 spiro atoms. The molecule has 0 bridgehead atoms. The second-order valence-electron chi connectivity index (χ2n) is 28.7. The van der Waals surface area contributed by atoms with Crippen LogP contribution in [0, 0.1) is 29.1 Å². The van der Waals surface area contributed by atoms with Gasteiger partial charge in [-0.25, -0.2) is 9.59 Å². The van der Waals surface area contributed by atoms with Gasteiger partial charge in [0.2, 0.25) is 70.9 Å². The Kier molecular flexibility index (Phi) is 38.4. The maximum Gasteiger partial charge on any atom is 0.490 e. The van der Waals surface area contributed by atoms with Gasteiger partial charge in [0.25, 0.3) is 0 Å². The molecule has 0 aromatic heterocycles. The summed E-state index contributed by atoms with van der Waals surface area (Å²) in [4.78, 5) is 199. The van der Waals surface area contributed by atoms with Crippen molar-refractivity contribution in [1.82, 2.24) is 63.8 Å². The first-order valence-corrected chi connectivity index (χ1v) is 34.0. The number of aliphatic carboxylic acids is 1. The fourth-order valence-electron chi connectivity index (χ4n) is 10.0. The number of hydrogen-bond donors (Lipinski definition) is 20. The second-order valence-corrected chi connectivity index (χ2v) is 28.7. The molecule has 105 heavy (non-hydrogen) atoms. The van der Waals surface area contributed by atoms with E-state index in [0.717, 1.165) is 6.92 Å². The van der Waals surface area contributed by atoms with Crippen LogP contribution in [0.15, 0.2) is 35.3 Å². The van der Waals surface area contributed by atoms with E-state index in [1.165, 1.54) is 44.2 Å². The highest BCUT2D eigenvalue weighted by molar-refractivity contribution is 6.01. The van der Waals surface area contributed by atoms with Gasteiger partial charge in [0.15, 0.2) is 12.1 Å². The number of ether oxygens (including phenoxy) is 1. The van der Waals surface area contributed by atoms with Crippen LogP contribution in [0.25, 0.3) is 0 Å². The Morgan fingerprint density at radius 2 is 1.14 bits per heavy atom. The number of alkyl halides is 3. The third kappa shape index (κ3) is 33.9. The number of nitrogens with two attached hydrogens (primary N) is 3. The lowest BCUT2D eigenvalue weighted by atomic mass is 9.87. The molecule has 23 N–H and O–H groups in total. The van der Waals surface area contributed by atoms with Crippen LogP contribution in [0.3, 0.4) is 0 Å². The molecule has 0 radical (unpaired) electrons. The van der Waals surface area contributed by atoms with Gasteiger partial charge in [-0.1, -0.05) is 113 Å². The third-order valence-electron chi connectivity index (χ3n) is 15.6. The lowest BCUT2D eigenvalue weighted by molar-refractivity contribution is -0.192. The number of benzene rings is 1. The number of carboxylic acid groups (broad SMARTS) is 1. The van der Waals surface area contributed by atoms with Gasteiger partial charge in [0, 0.05) is 6.54 Å². The van der Waals surface area contributed by atoms with Crippen molar-refractivity contribution >= 4 is 88.9 Å². The Balaban J connectivity index is 0.00000746. The van der Waals surface area contributed by atoms with E-state index in [0.29, 0.717) is 0 Å². The molecular formula is C66H109F3N16O20. The molecule has 1 fully saturated rings. The van der Waals surface area contributed by atoms with E-state index in [1.54, 1.807) is 83.1 Å². The molecule has 15 atom stereocenters. The van der Waals surface area contributed by atoms with Crippen molar-refractivity contribution in [2.45, 2.75) is 239 Å². The number of aliphatic hydroxyl groups is 4. The SMILES string of the molecule is CC[C@H](C)[C@@H]1NC(=O)[C@@H](CCCN=C(N)N)NC(=O)[C@H](CC(C)C)NC(=O)[C@H]([C@H](O)C(C)C)NC(=O)[C@@H](NC(=O)[C@H](CC(C)(C)C)NC(=O)[C@@H](CC(C)C)NC(=O)OC(C)(C)C)[C@@H](c2ccccc2)NC(=O)[C@H](CO)NC(=O)[C@H]([C@H](O)C(N)=O)NC(=O)CNC(=O)[C@H]([C@H](C)O)NC1=O.O=C(O)C(F)(F)F. The van der Waals surface area contributed by atoms with Crippen molar-refractivity contribution < 1.29 is 111 Å². The summed E-state index contributed by atoms with van der Waals surface area (Å²) in [5.74, 6) is -19.8. The molecule has 594 valence electrons. The first-order chi connectivity index (χ1) is 48.4. The molecule has 1 aromatic rings. The number of guanidine groups is 1. The highest BCUT2D eigenvalue weighted by Gasteiger charge is 2.44. The molecule has 13 amide bonds. The minimum atomic E-state index is -5.08. The number of carboxylic acids is 1. The van der Waals surface area contributed by atoms with Gasteiger partial charge >= 0.3 is 18.2 Å². The lowest BCUT2D eigenvalue weighted by Gasteiger charge is -2.35. The van der Waals surface area contributed by atoms with Crippen molar-refractivity contribution in [2.75, 3.05) is 19.7 Å². The van der Waals surface area contributed by atoms with Crippen LogP contribution in [0.2, 0.25) is 0 Å². The van der Waals surface area contributed by atoms with Gasteiger partial charge in [-0.15, -0.1) is 0 Å². The van der Waals surface area contributed by atoms with Crippen molar-refractivity contribution in [3.8, 4) is 0 Å². The van der Waals surface area contributed by atoms with E-state index < -0.39 is 216 Å². The molecule has 0 saturated carbocycles. The van der Waals surface area contributed by atoms with Crippen LogP contribution in [-0.4, -0.2) is 225 Å². The van der Waals surface area contributed by atoms with Crippen molar-refractivity contribution in [2.24, 2.45) is 51.3 Å². The van der Waals surface area contributed by atoms with E-state index >= 15 is 14.4 Å². The van der Waals surface area contributed by atoms with Gasteiger partial charge in [0.1, 0.15) is 66.0 Å². The highest BCUT2D eigenvalue weighted by Crippen LogP contribution is 2.25. The van der Waals surface area contributed by atoms with E-state index in [-0.39, 0.29) is 62.5 Å². The first kappa shape index (κ1) is 93.5. The fraction of sp³-hybridized carbons (Fsp3) is 0.682. The van der Waals surface area contributed by atoms with E-state index in [4.69, 9.17) is 31.8 Å². The molecule has 1 heterocycles. The fourth-order valence-corrected chi connectivity index (χ4v) is 10.0. The molecule has 2 rings (SSSR count). The van der Waals surface area contributed by atoms with Gasteiger partial charge in [-0.05, 0) is 94.4 Å². The number of halogens is 3. The van der Waals surface area contributed by atoms with E-state index in [1.807, 2.05) is 5.32 Å². The Bertz CT molecular complexity index is 3160. The smallest absolute Gasteiger partial charge is 0.475 e. The topological polar surface area (TPSA) is 584 Å². The number of hydrogen-bond acceptors (Lipinski definition) is 20. The molecule has 1 aliphatic rings. The zero-order valence-electron chi connectivity index (χ0n) is 61.8. The quantitative estimate of drug-likeness (QED) is 0.0290. The Morgan fingerprint density at radius 3 is 1.63 bits per heavy atom. The van der Waals surface area contributed by atoms with Gasteiger partial charge < -0.3 is 111 Å². The van der Waals surface area contributed by atoms with Crippen LogP contribution in [0.5, 0.6) is 0 Å². The van der Waals surface area contributed by atoms with Crippen LogP contribution in [0.1, 0.15) is 154 Å². The summed E-state index contributed by atoms with van der Waals surface area (Å²) in [6.45, 7) is 21.8. The second kappa shape index (κ2) is 43.1.